The standard InChI is InChI=1S/C32H34FN5O5/c1-17-21(19-11-26(33)24(28(12-19)43-4)15-34-20-13-29(39)35-14-20)7-5-8-22(17)23-9-6-10-27(18(23)2)37-30(40)25-16-36-32(42)38(3)31(25)41/h5-12,20,25,34H,13-16H2,1-4H3,(H,35,39)(H,36,42)(H,37,40)/t20-,25?/m1/s1. The van der Waals surface area contributed by atoms with E-state index in [2.05, 4.69) is 21.3 Å². The monoisotopic (exact) mass is 587 g/mol. The van der Waals surface area contributed by atoms with Gasteiger partial charge in [-0.3, -0.25) is 19.3 Å². The Morgan fingerprint density at radius 3 is 2.40 bits per heavy atom. The molecule has 2 saturated heterocycles. The number of benzene rings is 3. The highest BCUT2D eigenvalue weighted by molar-refractivity contribution is 6.12. The van der Waals surface area contributed by atoms with Crippen LogP contribution in [0, 0.1) is 25.6 Å². The smallest absolute Gasteiger partial charge is 0.323 e. The van der Waals surface area contributed by atoms with Crippen LogP contribution in [0.3, 0.4) is 0 Å². The van der Waals surface area contributed by atoms with Gasteiger partial charge in [0.05, 0.1) is 7.11 Å². The van der Waals surface area contributed by atoms with Crippen LogP contribution >= 0.6 is 0 Å². The minimum atomic E-state index is -1.03. The highest BCUT2D eigenvalue weighted by atomic mass is 19.1. The zero-order valence-corrected chi connectivity index (χ0v) is 24.5. The molecule has 0 aliphatic carbocycles. The number of carbonyl (C=O) groups excluding carboxylic acids is 4. The van der Waals surface area contributed by atoms with Crippen LogP contribution in [0.2, 0.25) is 0 Å². The Hall–Kier alpha value is -4.77. The third-order valence-corrected chi connectivity index (χ3v) is 8.15. The number of urea groups is 1. The van der Waals surface area contributed by atoms with Crippen molar-refractivity contribution in [2.45, 2.75) is 32.9 Å². The summed E-state index contributed by atoms with van der Waals surface area (Å²) in [6.45, 7) is 4.50. The van der Waals surface area contributed by atoms with Crippen molar-refractivity contribution >= 4 is 29.4 Å². The van der Waals surface area contributed by atoms with Crippen molar-refractivity contribution in [2.75, 3.05) is 32.6 Å². The van der Waals surface area contributed by atoms with Crippen LogP contribution in [0.15, 0.2) is 48.5 Å². The number of amides is 5. The minimum Gasteiger partial charge on any atom is -0.496 e. The van der Waals surface area contributed by atoms with E-state index in [4.69, 9.17) is 4.74 Å². The molecule has 1 unspecified atom stereocenters. The molecule has 2 heterocycles. The molecule has 0 spiro atoms. The van der Waals surface area contributed by atoms with Gasteiger partial charge in [0.2, 0.25) is 17.7 Å². The summed E-state index contributed by atoms with van der Waals surface area (Å²) in [7, 11) is 2.84. The van der Waals surface area contributed by atoms with Crippen LogP contribution in [0.5, 0.6) is 5.75 Å². The fourth-order valence-corrected chi connectivity index (χ4v) is 5.57. The average Bonchev–Trinajstić information content (AvgIpc) is 3.41. The molecule has 2 atom stereocenters. The Morgan fingerprint density at radius 1 is 1.00 bits per heavy atom. The van der Waals surface area contributed by atoms with Gasteiger partial charge in [-0.15, -0.1) is 0 Å². The van der Waals surface area contributed by atoms with Crippen molar-refractivity contribution in [1.82, 2.24) is 20.9 Å². The number of halogens is 1. The Bertz CT molecular complexity index is 1620. The Kier molecular flexibility index (Phi) is 8.45. The zero-order valence-electron chi connectivity index (χ0n) is 24.5. The fraction of sp³-hybridized carbons (Fsp3) is 0.312. The van der Waals surface area contributed by atoms with E-state index in [0.717, 1.165) is 32.7 Å². The van der Waals surface area contributed by atoms with E-state index < -0.39 is 29.6 Å². The van der Waals surface area contributed by atoms with E-state index in [1.807, 2.05) is 50.2 Å². The first-order valence-corrected chi connectivity index (χ1v) is 14.0. The molecule has 10 nitrogen and oxygen atoms in total. The molecule has 4 N–H and O–H groups in total. The number of methoxy groups -OCH3 is 1. The lowest BCUT2D eigenvalue weighted by Gasteiger charge is -2.28. The molecular formula is C32H34FN5O5. The van der Waals surface area contributed by atoms with E-state index in [9.17, 15) is 19.2 Å². The molecule has 224 valence electrons. The average molecular weight is 588 g/mol. The van der Waals surface area contributed by atoms with Gasteiger partial charge < -0.3 is 26.0 Å². The summed E-state index contributed by atoms with van der Waals surface area (Å²) in [5.74, 6) is -2.13. The molecule has 5 amide bonds. The third-order valence-electron chi connectivity index (χ3n) is 8.15. The van der Waals surface area contributed by atoms with Gasteiger partial charge in [-0.1, -0.05) is 30.3 Å². The summed E-state index contributed by atoms with van der Waals surface area (Å²) >= 11 is 0. The van der Waals surface area contributed by atoms with E-state index in [1.165, 1.54) is 20.2 Å². The van der Waals surface area contributed by atoms with Gasteiger partial charge in [-0.25, -0.2) is 9.18 Å². The maximum absolute atomic E-state index is 15.5. The lowest BCUT2D eigenvalue weighted by atomic mass is 9.90. The third kappa shape index (κ3) is 5.94. The van der Waals surface area contributed by atoms with Crippen molar-refractivity contribution in [3.8, 4) is 28.0 Å². The highest BCUT2D eigenvalue weighted by Gasteiger charge is 2.36. The number of nitrogens with zero attached hydrogens (tertiary/aromatic N) is 1. The number of hydrogen-bond acceptors (Lipinski definition) is 6. The number of carbonyl (C=O) groups is 4. The molecule has 2 fully saturated rings. The fourth-order valence-electron chi connectivity index (χ4n) is 5.57. The van der Waals surface area contributed by atoms with Gasteiger partial charge in [0, 0.05) is 50.4 Å². The van der Waals surface area contributed by atoms with Gasteiger partial charge >= 0.3 is 6.03 Å². The number of anilines is 1. The largest absolute Gasteiger partial charge is 0.496 e. The molecule has 43 heavy (non-hydrogen) atoms. The number of imide groups is 1. The van der Waals surface area contributed by atoms with E-state index >= 15 is 4.39 Å². The SMILES string of the molecule is COc1cc(-c2cccc(-c3cccc(NC(=O)C4CNC(=O)N(C)C4=O)c3C)c2C)cc(F)c1CN[C@H]1CNC(=O)C1. The first-order valence-electron chi connectivity index (χ1n) is 14.0. The summed E-state index contributed by atoms with van der Waals surface area (Å²) in [4.78, 5) is 49.7. The second-order valence-electron chi connectivity index (χ2n) is 10.8. The Labute approximate surface area is 249 Å². The van der Waals surface area contributed by atoms with Gasteiger partial charge in [0.1, 0.15) is 17.5 Å². The van der Waals surface area contributed by atoms with Crippen molar-refractivity contribution < 1.29 is 28.3 Å². The maximum atomic E-state index is 15.5. The summed E-state index contributed by atoms with van der Waals surface area (Å²) in [5.41, 5.74) is 5.87. The van der Waals surface area contributed by atoms with Gasteiger partial charge in [0.25, 0.3) is 0 Å². The Balaban J connectivity index is 1.41. The van der Waals surface area contributed by atoms with Crippen LogP contribution in [0.4, 0.5) is 14.9 Å². The summed E-state index contributed by atoms with van der Waals surface area (Å²) in [6, 6.07) is 14.0. The first-order chi connectivity index (χ1) is 20.6. The molecule has 2 aliphatic heterocycles. The van der Waals surface area contributed by atoms with E-state index in [0.29, 0.717) is 35.5 Å². The lowest BCUT2D eigenvalue weighted by molar-refractivity contribution is -0.138. The number of hydrogen-bond donors (Lipinski definition) is 4. The van der Waals surface area contributed by atoms with Crippen molar-refractivity contribution in [2.24, 2.45) is 5.92 Å². The van der Waals surface area contributed by atoms with Crippen molar-refractivity contribution in [3.05, 3.63) is 71.0 Å². The predicted molar refractivity (Wildman–Crippen MR) is 160 cm³/mol. The number of rotatable bonds is 8. The maximum Gasteiger partial charge on any atom is 0.323 e. The van der Waals surface area contributed by atoms with Crippen LogP contribution in [-0.2, 0) is 20.9 Å². The minimum absolute atomic E-state index is 0.0269. The van der Waals surface area contributed by atoms with Crippen molar-refractivity contribution in [3.63, 3.8) is 0 Å². The van der Waals surface area contributed by atoms with Crippen LogP contribution < -0.4 is 26.0 Å². The van der Waals surface area contributed by atoms with Crippen LogP contribution in [-0.4, -0.2) is 61.9 Å². The molecular weight excluding hydrogens is 553 g/mol. The normalized spacial score (nSPS) is 18.3. The first kappa shape index (κ1) is 29.7. The molecule has 3 aromatic rings. The molecule has 0 saturated carbocycles. The topological polar surface area (TPSA) is 129 Å². The van der Waals surface area contributed by atoms with Crippen LogP contribution in [0.1, 0.15) is 23.1 Å². The molecule has 3 aromatic carbocycles. The summed E-state index contributed by atoms with van der Waals surface area (Å²) in [6.07, 6.45) is 0.354. The van der Waals surface area contributed by atoms with Crippen LogP contribution in [0.25, 0.3) is 22.3 Å². The van der Waals surface area contributed by atoms with E-state index in [-0.39, 0.29) is 25.0 Å². The molecule has 5 rings (SSSR count). The molecule has 0 bridgehead atoms. The van der Waals surface area contributed by atoms with Gasteiger partial charge in [0.15, 0.2) is 0 Å². The van der Waals surface area contributed by atoms with E-state index in [1.54, 1.807) is 6.07 Å². The second kappa shape index (κ2) is 12.2. The van der Waals surface area contributed by atoms with Gasteiger partial charge in [-0.05, 0) is 65.4 Å². The zero-order chi connectivity index (χ0) is 30.8. The number of ether oxygens (including phenoxy) is 1. The summed E-state index contributed by atoms with van der Waals surface area (Å²) in [5, 5.41) is 11.4. The Morgan fingerprint density at radius 2 is 1.70 bits per heavy atom. The summed E-state index contributed by atoms with van der Waals surface area (Å²) < 4.78 is 21.0. The molecule has 0 radical (unpaired) electrons. The number of nitrogens with one attached hydrogen (secondary N) is 4. The highest BCUT2D eigenvalue weighted by Crippen LogP contribution is 2.37. The van der Waals surface area contributed by atoms with Gasteiger partial charge in [-0.2, -0.15) is 0 Å². The predicted octanol–water partition coefficient (Wildman–Crippen LogP) is 3.50. The molecule has 11 heteroatoms. The molecule has 2 aliphatic rings. The second-order valence-corrected chi connectivity index (χ2v) is 10.8. The van der Waals surface area contributed by atoms with Crippen molar-refractivity contribution in [1.29, 1.82) is 0 Å². The quantitative estimate of drug-likeness (QED) is 0.299. The lowest BCUT2D eigenvalue weighted by Crippen LogP contribution is -2.56. The molecule has 0 aromatic heterocycles.